The molecule has 7 heteroatoms. The Morgan fingerprint density at radius 1 is 1.04 bits per heavy atom. The maximum atomic E-state index is 10.3. The number of benzene rings is 1. The zero-order valence-electron chi connectivity index (χ0n) is 14.5. The van der Waals surface area contributed by atoms with Gasteiger partial charge >= 0.3 is 0 Å². The first kappa shape index (κ1) is 18.8. The zero-order valence-corrected chi connectivity index (χ0v) is 14.5. The zero-order chi connectivity index (χ0) is 17.4. The van der Waals surface area contributed by atoms with Gasteiger partial charge in [-0.05, 0) is 12.1 Å². The Morgan fingerprint density at radius 3 is 2.17 bits per heavy atom. The van der Waals surface area contributed by atoms with Crippen LogP contribution in [0.15, 0.2) is 18.2 Å². The average molecular weight is 340 g/mol. The Hall–Kier alpha value is -1.54. The number of methoxy groups -OCH3 is 2. The van der Waals surface area contributed by atoms with E-state index in [1.807, 2.05) is 6.07 Å². The number of piperazine rings is 1. The minimum atomic E-state index is -0.594. The maximum absolute atomic E-state index is 10.3. The number of hydrogen-bond donors (Lipinski definition) is 2. The Balaban J connectivity index is 1.81. The lowest BCUT2D eigenvalue weighted by molar-refractivity contribution is 0.0417. The molecule has 1 aliphatic rings. The summed E-state index contributed by atoms with van der Waals surface area (Å²) in [4.78, 5) is 4.43. The monoisotopic (exact) mass is 340 g/mol. The van der Waals surface area contributed by atoms with E-state index in [1.54, 1.807) is 26.4 Å². The van der Waals surface area contributed by atoms with Gasteiger partial charge in [-0.3, -0.25) is 9.80 Å². The smallest absolute Gasteiger partial charge is 0.203 e. The molecule has 0 aromatic heterocycles. The number of aliphatic hydroxyl groups is 2. The molecule has 1 aromatic carbocycles. The van der Waals surface area contributed by atoms with Gasteiger partial charge in [-0.2, -0.15) is 0 Å². The van der Waals surface area contributed by atoms with Gasteiger partial charge in [0.1, 0.15) is 12.7 Å². The SMILES string of the molecule is COc1cccc(OC)c1OC[C@@H](O)CN1CCN(CCO)CC1. The molecule has 0 bridgehead atoms. The molecule has 0 unspecified atom stereocenters. The quantitative estimate of drug-likeness (QED) is 0.658. The second-order valence-electron chi connectivity index (χ2n) is 5.82. The number of ether oxygens (including phenoxy) is 3. The van der Waals surface area contributed by atoms with E-state index in [4.69, 9.17) is 19.3 Å². The van der Waals surface area contributed by atoms with Gasteiger partial charge in [0.2, 0.25) is 5.75 Å². The fourth-order valence-corrected chi connectivity index (χ4v) is 2.83. The highest BCUT2D eigenvalue weighted by Gasteiger charge is 2.20. The van der Waals surface area contributed by atoms with Gasteiger partial charge in [-0.25, -0.2) is 0 Å². The van der Waals surface area contributed by atoms with Gasteiger partial charge in [0, 0.05) is 39.3 Å². The second-order valence-corrected chi connectivity index (χ2v) is 5.82. The highest BCUT2D eigenvalue weighted by atomic mass is 16.5. The lowest BCUT2D eigenvalue weighted by atomic mass is 10.2. The molecule has 24 heavy (non-hydrogen) atoms. The van der Waals surface area contributed by atoms with Crippen LogP contribution in [0.1, 0.15) is 0 Å². The Kier molecular flexibility index (Phi) is 7.58. The molecule has 1 saturated heterocycles. The summed E-state index contributed by atoms with van der Waals surface area (Å²) in [5.41, 5.74) is 0. The summed E-state index contributed by atoms with van der Waals surface area (Å²) in [5.74, 6) is 1.67. The van der Waals surface area contributed by atoms with E-state index < -0.39 is 6.10 Å². The molecular weight excluding hydrogens is 312 g/mol. The van der Waals surface area contributed by atoms with Crippen molar-refractivity contribution < 1.29 is 24.4 Å². The Labute approximate surface area is 143 Å². The van der Waals surface area contributed by atoms with Crippen molar-refractivity contribution in [2.75, 3.05) is 66.7 Å². The van der Waals surface area contributed by atoms with Crippen LogP contribution in [-0.4, -0.2) is 92.8 Å². The molecule has 0 saturated carbocycles. The molecule has 1 atom stereocenters. The van der Waals surface area contributed by atoms with Crippen LogP contribution in [0.2, 0.25) is 0 Å². The van der Waals surface area contributed by atoms with Crippen LogP contribution >= 0.6 is 0 Å². The van der Waals surface area contributed by atoms with E-state index in [0.717, 1.165) is 26.2 Å². The molecule has 0 amide bonds. The lowest BCUT2D eigenvalue weighted by Crippen LogP contribution is -2.49. The summed E-state index contributed by atoms with van der Waals surface area (Å²) in [7, 11) is 3.15. The molecule has 0 aliphatic carbocycles. The van der Waals surface area contributed by atoms with Gasteiger partial charge < -0.3 is 24.4 Å². The predicted octanol–water partition coefficient (Wildman–Crippen LogP) is 0.0534. The van der Waals surface area contributed by atoms with Gasteiger partial charge in [-0.15, -0.1) is 0 Å². The van der Waals surface area contributed by atoms with Crippen molar-refractivity contribution in [3.8, 4) is 17.2 Å². The van der Waals surface area contributed by atoms with Crippen molar-refractivity contribution in [3.63, 3.8) is 0 Å². The standard InChI is InChI=1S/C17H28N2O5/c1-22-15-4-3-5-16(23-2)17(15)24-13-14(21)12-19-8-6-18(7-9-19)10-11-20/h3-5,14,20-21H,6-13H2,1-2H3/t14-/m0/s1. The van der Waals surface area contributed by atoms with Crippen LogP contribution in [0.25, 0.3) is 0 Å². The van der Waals surface area contributed by atoms with Crippen molar-refractivity contribution in [1.29, 1.82) is 0 Å². The van der Waals surface area contributed by atoms with Crippen molar-refractivity contribution in [2.24, 2.45) is 0 Å². The molecule has 2 N–H and O–H groups in total. The van der Waals surface area contributed by atoms with Gasteiger partial charge in [-0.1, -0.05) is 6.07 Å². The van der Waals surface area contributed by atoms with Crippen LogP contribution in [0.3, 0.4) is 0 Å². The molecule has 1 aliphatic heterocycles. The summed E-state index contributed by atoms with van der Waals surface area (Å²) in [5, 5.41) is 19.2. The molecule has 7 nitrogen and oxygen atoms in total. The first-order chi connectivity index (χ1) is 11.7. The van der Waals surface area contributed by atoms with Crippen molar-refractivity contribution in [3.05, 3.63) is 18.2 Å². The summed E-state index contributed by atoms with van der Waals surface area (Å²) >= 11 is 0. The number of para-hydroxylation sites is 1. The maximum Gasteiger partial charge on any atom is 0.203 e. The summed E-state index contributed by atoms with van der Waals surface area (Å²) in [6.07, 6.45) is -0.594. The molecule has 1 fully saturated rings. The van der Waals surface area contributed by atoms with E-state index in [1.165, 1.54) is 0 Å². The van der Waals surface area contributed by atoms with Gasteiger partial charge in [0.05, 0.1) is 20.8 Å². The van der Waals surface area contributed by atoms with E-state index in [2.05, 4.69) is 9.80 Å². The molecule has 136 valence electrons. The third kappa shape index (κ3) is 5.24. The first-order valence-electron chi connectivity index (χ1n) is 8.25. The fourth-order valence-electron chi connectivity index (χ4n) is 2.83. The summed E-state index contributed by atoms with van der Waals surface area (Å²) in [6, 6.07) is 5.42. The number of aliphatic hydroxyl groups excluding tert-OH is 2. The topological polar surface area (TPSA) is 74.6 Å². The van der Waals surface area contributed by atoms with E-state index in [9.17, 15) is 5.11 Å². The summed E-state index contributed by atoms with van der Waals surface area (Å²) < 4.78 is 16.3. The second kappa shape index (κ2) is 9.68. The van der Waals surface area contributed by atoms with E-state index in [0.29, 0.717) is 30.3 Å². The van der Waals surface area contributed by atoms with Crippen LogP contribution in [-0.2, 0) is 0 Å². The Bertz CT molecular complexity index is 470. The van der Waals surface area contributed by atoms with Crippen LogP contribution in [0.4, 0.5) is 0 Å². The van der Waals surface area contributed by atoms with E-state index >= 15 is 0 Å². The minimum Gasteiger partial charge on any atom is -0.493 e. The minimum absolute atomic E-state index is 0.174. The third-order valence-corrected chi connectivity index (χ3v) is 4.15. The molecular formula is C17H28N2O5. The predicted molar refractivity (Wildman–Crippen MR) is 91.0 cm³/mol. The Morgan fingerprint density at radius 2 is 1.62 bits per heavy atom. The molecule has 2 rings (SSSR count). The van der Waals surface area contributed by atoms with Gasteiger partial charge in [0.25, 0.3) is 0 Å². The number of nitrogens with zero attached hydrogens (tertiary/aromatic N) is 2. The lowest BCUT2D eigenvalue weighted by Gasteiger charge is -2.35. The summed E-state index contributed by atoms with van der Waals surface area (Å²) in [6.45, 7) is 5.23. The molecule has 0 spiro atoms. The van der Waals surface area contributed by atoms with Crippen molar-refractivity contribution >= 4 is 0 Å². The average Bonchev–Trinajstić information content (AvgIpc) is 2.61. The number of β-amino-alcohol motifs (C(OH)–C–C–N with tert-alkyl or cyclic N) is 2. The third-order valence-electron chi connectivity index (χ3n) is 4.15. The van der Waals surface area contributed by atoms with Crippen LogP contribution in [0, 0.1) is 0 Å². The highest BCUT2D eigenvalue weighted by Crippen LogP contribution is 2.36. The fraction of sp³-hybridized carbons (Fsp3) is 0.647. The van der Waals surface area contributed by atoms with E-state index in [-0.39, 0.29) is 13.2 Å². The van der Waals surface area contributed by atoms with Crippen molar-refractivity contribution in [2.45, 2.75) is 6.10 Å². The number of hydrogen-bond acceptors (Lipinski definition) is 7. The largest absolute Gasteiger partial charge is 0.493 e. The first-order valence-corrected chi connectivity index (χ1v) is 8.25. The van der Waals surface area contributed by atoms with Crippen LogP contribution < -0.4 is 14.2 Å². The highest BCUT2D eigenvalue weighted by molar-refractivity contribution is 5.51. The van der Waals surface area contributed by atoms with Crippen molar-refractivity contribution in [1.82, 2.24) is 9.80 Å². The van der Waals surface area contributed by atoms with Crippen LogP contribution in [0.5, 0.6) is 17.2 Å². The van der Waals surface area contributed by atoms with Gasteiger partial charge in [0.15, 0.2) is 11.5 Å². The molecule has 1 aromatic rings. The molecule has 0 radical (unpaired) electrons. The number of rotatable bonds is 9. The molecule has 1 heterocycles. The normalized spacial score (nSPS) is 17.5.